The van der Waals surface area contributed by atoms with Gasteiger partial charge in [0.15, 0.2) is 10.8 Å². The molecule has 1 aromatic carbocycles. The highest BCUT2D eigenvalue weighted by atomic mass is 35.5. The third kappa shape index (κ3) is 3.89. The molecule has 2 N–H and O–H groups in total. The van der Waals surface area contributed by atoms with Crippen LogP contribution in [0.1, 0.15) is 5.56 Å². The van der Waals surface area contributed by atoms with E-state index in [-0.39, 0.29) is 23.0 Å². The summed E-state index contributed by atoms with van der Waals surface area (Å²) >= 11 is 7.03. The fourth-order valence-electron chi connectivity index (χ4n) is 2.20. The number of para-hydroxylation sites is 1. The van der Waals surface area contributed by atoms with Crippen molar-refractivity contribution in [1.82, 2.24) is 15.0 Å². The number of aromatic nitrogens is 3. The van der Waals surface area contributed by atoms with Crippen molar-refractivity contribution in [3.8, 4) is 0 Å². The van der Waals surface area contributed by atoms with Gasteiger partial charge in [0.25, 0.3) is 5.69 Å². The number of nitrogens with one attached hydrogen (secondary N) is 2. The molecule has 0 fully saturated rings. The maximum Gasteiger partial charge on any atom is 0.293 e. The van der Waals surface area contributed by atoms with Gasteiger partial charge < -0.3 is 10.3 Å². The summed E-state index contributed by atoms with van der Waals surface area (Å²) in [5.74, 6) is -0.326. The van der Waals surface area contributed by atoms with Crippen LogP contribution in [0, 0.1) is 17.0 Å². The van der Waals surface area contributed by atoms with Gasteiger partial charge in [-0.25, -0.2) is 9.97 Å². The predicted molar refractivity (Wildman–Crippen MR) is 96.1 cm³/mol. The van der Waals surface area contributed by atoms with Gasteiger partial charge >= 0.3 is 0 Å². The van der Waals surface area contributed by atoms with Gasteiger partial charge in [-0.05, 0) is 18.6 Å². The Morgan fingerprint density at radius 2 is 2.28 bits per heavy atom. The lowest BCUT2D eigenvalue weighted by molar-refractivity contribution is -0.384. The van der Waals surface area contributed by atoms with Gasteiger partial charge in [0.1, 0.15) is 5.69 Å². The molecule has 0 atom stereocenters. The lowest BCUT2D eigenvalue weighted by Gasteiger charge is -2.08. The molecule has 128 valence electrons. The first kappa shape index (κ1) is 17.2. The first-order chi connectivity index (χ1) is 11.9. The van der Waals surface area contributed by atoms with Crippen molar-refractivity contribution in [2.45, 2.75) is 12.1 Å². The number of aromatic amines is 1. The minimum atomic E-state index is -0.523. The van der Waals surface area contributed by atoms with Crippen molar-refractivity contribution in [3.05, 3.63) is 51.2 Å². The number of hydrogen-bond donors (Lipinski definition) is 2. The Labute approximate surface area is 151 Å². The summed E-state index contributed by atoms with van der Waals surface area (Å²) in [6.07, 6.45) is 1.49. The van der Waals surface area contributed by atoms with Crippen LogP contribution < -0.4 is 5.32 Å². The van der Waals surface area contributed by atoms with E-state index in [1.807, 2.05) is 0 Å². The largest absolute Gasteiger partial charge is 0.331 e. The number of nitro benzene ring substituents is 1. The number of nitro groups is 1. The molecule has 1 amide bonds. The zero-order valence-electron chi connectivity index (χ0n) is 12.9. The summed E-state index contributed by atoms with van der Waals surface area (Å²) in [5.41, 5.74) is 1.86. The zero-order chi connectivity index (χ0) is 18.0. The summed E-state index contributed by atoms with van der Waals surface area (Å²) in [5, 5.41) is 14.7. The second kappa shape index (κ2) is 7.08. The van der Waals surface area contributed by atoms with Crippen molar-refractivity contribution < 1.29 is 9.72 Å². The number of nitrogens with zero attached hydrogens (tertiary/aromatic N) is 3. The van der Waals surface area contributed by atoms with Crippen molar-refractivity contribution in [3.63, 3.8) is 0 Å². The molecule has 3 aromatic rings. The fraction of sp³-hybridized carbons (Fsp3) is 0.133. The third-order valence-electron chi connectivity index (χ3n) is 3.33. The minimum absolute atomic E-state index is 0.0407. The normalized spacial score (nSPS) is 10.8. The van der Waals surface area contributed by atoms with Gasteiger partial charge in [0.05, 0.1) is 21.2 Å². The number of carbonyl (C=O) groups excluding carboxylic acids is 1. The second-order valence-electron chi connectivity index (χ2n) is 5.13. The molecule has 0 saturated heterocycles. The van der Waals surface area contributed by atoms with Gasteiger partial charge in [-0.3, -0.25) is 14.9 Å². The van der Waals surface area contributed by atoms with Crippen LogP contribution in [0.5, 0.6) is 0 Å². The summed E-state index contributed by atoms with van der Waals surface area (Å²) in [6, 6.07) is 6.32. The van der Waals surface area contributed by atoms with Crippen LogP contribution in [0.3, 0.4) is 0 Å². The third-order valence-corrected chi connectivity index (χ3v) is 4.41. The standard InChI is InChI=1S/C15H12ClN5O3S/c1-8-3-2-4-11(21(23)24)13(8)19-12(22)7-25-15-18-10-5-9(16)6-17-14(10)20-15/h2-6H,7H2,1H3,(H,19,22)(H,17,18,20). The number of benzene rings is 1. The Kier molecular flexibility index (Phi) is 4.86. The van der Waals surface area contributed by atoms with E-state index in [1.54, 1.807) is 25.1 Å². The van der Waals surface area contributed by atoms with Crippen LogP contribution in [0.2, 0.25) is 5.02 Å². The molecule has 0 aliphatic carbocycles. The summed E-state index contributed by atoms with van der Waals surface area (Å²) < 4.78 is 0. The summed E-state index contributed by atoms with van der Waals surface area (Å²) in [6.45, 7) is 1.70. The maximum atomic E-state index is 12.1. The summed E-state index contributed by atoms with van der Waals surface area (Å²) in [7, 11) is 0. The number of H-pyrrole nitrogens is 1. The average Bonchev–Trinajstić information content (AvgIpc) is 2.96. The number of carbonyl (C=O) groups is 1. The van der Waals surface area contributed by atoms with E-state index >= 15 is 0 Å². The fourth-order valence-corrected chi connectivity index (χ4v) is 3.03. The average molecular weight is 378 g/mol. The number of imidazole rings is 1. The van der Waals surface area contributed by atoms with Crippen molar-refractivity contribution in [2.24, 2.45) is 0 Å². The Balaban J connectivity index is 1.70. The minimum Gasteiger partial charge on any atom is -0.331 e. The zero-order valence-corrected chi connectivity index (χ0v) is 14.5. The van der Waals surface area contributed by atoms with Crippen LogP contribution in [0.25, 0.3) is 11.2 Å². The van der Waals surface area contributed by atoms with E-state index in [4.69, 9.17) is 11.6 Å². The van der Waals surface area contributed by atoms with Gasteiger partial charge in [-0.15, -0.1) is 0 Å². The molecular weight excluding hydrogens is 366 g/mol. The van der Waals surface area contributed by atoms with Crippen LogP contribution in [-0.4, -0.2) is 31.5 Å². The van der Waals surface area contributed by atoms with E-state index in [0.29, 0.717) is 26.9 Å². The number of pyridine rings is 1. The van der Waals surface area contributed by atoms with E-state index < -0.39 is 4.92 Å². The molecule has 0 saturated carbocycles. The van der Waals surface area contributed by atoms with E-state index in [2.05, 4.69) is 20.3 Å². The van der Waals surface area contributed by atoms with Crippen molar-refractivity contribution >= 4 is 51.8 Å². The lowest BCUT2D eigenvalue weighted by Crippen LogP contribution is -2.16. The number of hydrogen-bond acceptors (Lipinski definition) is 6. The second-order valence-corrected chi connectivity index (χ2v) is 6.53. The van der Waals surface area contributed by atoms with E-state index in [9.17, 15) is 14.9 Å². The molecule has 0 aliphatic heterocycles. The number of fused-ring (bicyclic) bond motifs is 1. The Bertz CT molecular complexity index is 975. The van der Waals surface area contributed by atoms with Crippen LogP contribution in [-0.2, 0) is 4.79 Å². The van der Waals surface area contributed by atoms with Crippen LogP contribution in [0.15, 0.2) is 35.6 Å². The summed E-state index contributed by atoms with van der Waals surface area (Å²) in [4.78, 5) is 34.0. The van der Waals surface area contributed by atoms with E-state index in [1.165, 1.54) is 24.0 Å². The molecule has 8 nitrogen and oxygen atoms in total. The molecule has 25 heavy (non-hydrogen) atoms. The topological polar surface area (TPSA) is 114 Å². The molecule has 0 aliphatic rings. The molecule has 0 radical (unpaired) electrons. The molecule has 2 heterocycles. The van der Waals surface area contributed by atoms with Gasteiger partial charge in [-0.2, -0.15) is 0 Å². The first-order valence-corrected chi connectivity index (χ1v) is 8.48. The number of aryl methyl sites for hydroxylation is 1. The maximum absolute atomic E-state index is 12.1. The van der Waals surface area contributed by atoms with Crippen LogP contribution >= 0.6 is 23.4 Å². The highest BCUT2D eigenvalue weighted by Gasteiger charge is 2.18. The molecule has 10 heteroatoms. The number of rotatable bonds is 5. The lowest BCUT2D eigenvalue weighted by atomic mass is 10.1. The number of anilines is 1. The highest BCUT2D eigenvalue weighted by molar-refractivity contribution is 7.99. The van der Waals surface area contributed by atoms with Gasteiger partial charge in [0, 0.05) is 12.3 Å². The Hall–Kier alpha value is -2.65. The van der Waals surface area contributed by atoms with Crippen molar-refractivity contribution in [2.75, 3.05) is 11.1 Å². The van der Waals surface area contributed by atoms with E-state index in [0.717, 1.165) is 0 Å². The molecule has 0 unspecified atom stereocenters. The smallest absolute Gasteiger partial charge is 0.293 e. The Morgan fingerprint density at radius 1 is 1.48 bits per heavy atom. The number of amides is 1. The molecule has 2 aromatic heterocycles. The number of thioether (sulfide) groups is 1. The first-order valence-electron chi connectivity index (χ1n) is 7.12. The SMILES string of the molecule is Cc1cccc([N+](=O)[O-])c1NC(=O)CSc1nc2ncc(Cl)cc2[nH]1. The molecule has 3 rings (SSSR count). The molecular formula is C15H12ClN5O3S. The Morgan fingerprint density at radius 3 is 3.04 bits per heavy atom. The monoisotopic (exact) mass is 377 g/mol. The van der Waals surface area contributed by atoms with Gasteiger partial charge in [0.2, 0.25) is 5.91 Å². The number of halogens is 1. The molecule has 0 spiro atoms. The van der Waals surface area contributed by atoms with Crippen LogP contribution in [0.4, 0.5) is 11.4 Å². The van der Waals surface area contributed by atoms with Gasteiger partial charge in [-0.1, -0.05) is 35.5 Å². The molecule has 0 bridgehead atoms. The highest BCUT2D eigenvalue weighted by Crippen LogP contribution is 2.28. The quantitative estimate of drug-likeness (QED) is 0.399. The van der Waals surface area contributed by atoms with Crippen molar-refractivity contribution in [1.29, 1.82) is 0 Å². The predicted octanol–water partition coefficient (Wildman–Crippen LogP) is 3.56.